The lowest BCUT2D eigenvalue weighted by molar-refractivity contribution is 0.644. The maximum atomic E-state index is 11.6. The van der Waals surface area contributed by atoms with Gasteiger partial charge in [-0.25, -0.2) is 4.68 Å². The lowest BCUT2D eigenvalue weighted by Gasteiger charge is -2.08. The highest BCUT2D eigenvalue weighted by Gasteiger charge is 2.02. The number of nitrogen functional groups attached to an aromatic ring is 1. The minimum absolute atomic E-state index is 0.142. The van der Waals surface area contributed by atoms with Gasteiger partial charge in [0, 0.05) is 6.07 Å². The van der Waals surface area contributed by atoms with Crippen molar-refractivity contribution >= 4 is 5.82 Å². The van der Waals surface area contributed by atoms with Crippen molar-refractivity contribution in [1.82, 2.24) is 9.78 Å². The van der Waals surface area contributed by atoms with E-state index in [4.69, 9.17) is 5.73 Å². The van der Waals surface area contributed by atoms with Crippen LogP contribution in [-0.2, 0) is 6.54 Å². The second kappa shape index (κ2) is 5.04. The van der Waals surface area contributed by atoms with Crippen LogP contribution in [0.4, 0.5) is 5.82 Å². The molecule has 1 aromatic heterocycles. The Labute approximate surface area is 106 Å². The SMILES string of the molecule is CC(C)c1ccc(Cn2nc(N)ccc2=O)cc1. The maximum Gasteiger partial charge on any atom is 0.267 e. The van der Waals surface area contributed by atoms with Crippen LogP contribution in [0.2, 0.25) is 0 Å². The second-order valence-corrected chi connectivity index (χ2v) is 4.65. The van der Waals surface area contributed by atoms with Crippen LogP contribution in [-0.4, -0.2) is 9.78 Å². The number of benzene rings is 1. The van der Waals surface area contributed by atoms with E-state index in [0.717, 1.165) is 5.56 Å². The molecule has 0 spiro atoms. The number of rotatable bonds is 3. The predicted octanol–water partition coefficient (Wildman–Crippen LogP) is 2.00. The topological polar surface area (TPSA) is 60.9 Å². The Hall–Kier alpha value is -2.10. The number of anilines is 1. The molecule has 0 aliphatic heterocycles. The Morgan fingerprint density at radius 2 is 1.83 bits per heavy atom. The Bertz CT molecular complexity index is 585. The lowest BCUT2D eigenvalue weighted by atomic mass is 10.0. The molecule has 4 heteroatoms. The molecule has 0 radical (unpaired) electrons. The predicted molar refractivity (Wildman–Crippen MR) is 72.5 cm³/mol. The quantitative estimate of drug-likeness (QED) is 0.896. The van der Waals surface area contributed by atoms with E-state index in [9.17, 15) is 4.79 Å². The third kappa shape index (κ3) is 2.77. The first-order chi connectivity index (χ1) is 8.56. The molecule has 1 aromatic carbocycles. The smallest absolute Gasteiger partial charge is 0.267 e. The summed E-state index contributed by atoms with van der Waals surface area (Å²) in [6, 6.07) is 11.2. The van der Waals surface area contributed by atoms with Crippen molar-refractivity contribution in [3.8, 4) is 0 Å². The normalized spacial score (nSPS) is 10.8. The molecule has 1 heterocycles. The third-order valence-corrected chi connectivity index (χ3v) is 2.87. The van der Waals surface area contributed by atoms with E-state index in [1.54, 1.807) is 0 Å². The number of aromatic nitrogens is 2. The fourth-order valence-electron chi connectivity index (χ4n) is 1.76. The summed E-state index contributed by atoms with van der Waals surface area (Å²) in [5.41, 5.74) is 7.76. The molecule has 4 nitrogen and oxygen atoms in total. The van der Waals surface area contributed by atoms with Crippen molar-refractivity contribution in [2.75, 3.05) is 5.73 Å². The van der Waals surface area contributed by atoms with Gasteiger partial charge < -0.3 is 5.73 Å². The highest BCUT2D eigenvalue weighted by Crippen LogP contribution is 2.14. The van der Waals surface area contributed by atoms with Crippen molar-refractivity contribution in [2.24, 2.45) is 0 Å². The van der Waals surface area contributed by atoms with Gasteiger partial charge in [0.25, 0.3) is 5.56 Å². The summed E-state index contributed by atoms with van der Waals surface area (Å²) in [4.78, 5) is 11.6. The van der Waals surface area contributed by atoms with E-state index in [1.807, 2.05) is 12.1 Å². The van der Waals surface area contributed by atoms with E-state index >= 15 is 0 Å². The molecule has 0 atom stereocenters. The number of nitrogens with zero attached hydrogens (tertiary/aromatic N) is 2. The van der Waals surface area contributed by atoms with E-state index in [0.29, 0.717) is 18.3 Å². The summed E-state index contributed by atoms with van der Waals surface area (Å²) in [6.07, 6.45) is 0. The monoisotopic (exact) mass is 243 g/mol. The standard InChI is InChI=1S/C14H17N3O/c1-10(2)12-5-3-11(4-6-12)9-17-14(18)8-7-13(15)16-17/h3-8,10H,9H2,1-2H3,(H2,15,16). The van der Waals surface area contributed by atoms with Crippen molar-refractivity contribution in [2.45, 2.75) is 26.3 Å². The van der Waals surface area contributed by atoms with Crippen LogP contribution in [0.5, 0.6) is 0 Å². The molecule has 0 saturated heterocycles. The first-order valence-corrected chi connectivity index (χ1v) is 5.99. The van der Waals surface area contributed by atoms with Gasteiger partial charge in [-0.05, 0) is 23.1 Å². The molecule has 0 aliphatic rings. The Balaban J connectivity index is 2.23. The highest BCUT2D eigenvalue weighted by atomic mass is 16.1. The zero-order valence-corrected chi connectivity index (χ0v) is 10.6. The van der Waals surface area contributed by atoms with Gasteiger partial charge in [-0.3, -0.25) is 4.79 Å². The molecule has 2 aromatic rings. The Kier molecular flexibility index (Phi) is 3.46. The molecule has 94 valence electrons. The molecule has 0 fully saturated rings. The lowest BCUT2D eigenvalue weighted by Crippen LogP contribution is -2.23. The number of nitrogens with two attached hydrogens (primary N) is 1. The average molecular weight is 243 g/mol. The van der Waals surface area contributed by atoms with E-state index in [-0.39, 0.29) is 5.56 Å². The summed E-state index contributed by atoms with van der Waals surface area (Å²) in [5.74, 6) is 0.862. The second-order valence-electron chi connectivity index (χ2n) is 4.65. The summed E-state index contributed by atoms with van der Waals surface area (Å²) in [7, 11) is 0. The van der Waals surface area contributed by atoms with Crippen LogP contribution in [0.3, 0.4) is 0 Å². The molecule has 2 rings (SSSR count). The van der Waals surface area contributed by atoms with Crippen LogP contribution in [0.25, 0.3) is 0 Å². The van der Waals surface area contributed by atoms with E-state index in [2.05, 4.69) is 31.1 Å². The largest absolute Gasteiger partial charge is 0.382 e. The van der Waals surface area contributed by atoms with Gasteiger partial charge in [-0.2, -0.15) is 5.10 Å². The highest BCUT2D eigenvalue weighted by molar-refractivity contribution is 5.26. The molecule has 0 bridgehead atoms. The van der Waals surface area contributed by atoms with Gasteiger partial charge in [-0.15, -0.1) is 0 Å². The van der Waals surface area contributed by atoms with Crippen LogP contribution >= 0.6 is 0 Å². The van der Waals surface area contributed by atoms with Gasteiger partial charge in [0.05, 0.1) is 6.54 Å². The minimum Gasteiger partial charge on any atom is -0.382 e. The molecular weight excluding hydrogens is 226 g/mol. The van der Waals surface area contributed by atoms with Gasteiger partial charge in [0.1, 0.15) is 5.82 Å². The average Bonchev–Trinajstić information content (AvgIpc) is 2.34. The van der Waals surface area contributed by atoms with E-state index in [1.165, 1.54) is 22.4 Å². The molecule has 18 heavy (non-hydrogen) atoms. The number of hydrogen-bond donors (Lipinski definition) is 1. The Morgan fingerprint density at radius 1 is 1.17 bits per heavy atom. The van der Waals surface area contributed by atoms with Gasteiger partial charge in [-0.1, -0.05) is 38.1 Å². The van der Waals surface area contributed by atoms with Crippen LogP contribution in [0.1, 0.15) is 30.9 Å². The molecule has 0 saturated carbocycles. The van der Waals surface area contributed by atoms with Gasteiger partial charge >= 0.3 is 0 Å². The van der Waals surface area contributed by atoms with Crippen molar-refractivity contribution in [3.63, 3.8) is 0 Å². The fraction of sp³-hybridized carbons (Fsp3) is 0.286. The molecule has 0 unspecified atom stereocenters. The van der Waals surface area contributed by atoms with Crippen LogP contribution < -0.4 is 11.3 Å². The van der Waals surface area contributed by atoms with Gasteiger partial charge in [0.15, 0.2) is 0 Å². The molecular formula is C14H17N3O. The maximum absolute atomic E-state index is 11.6. The zero-order chi connectivity index (χ0) is 13.1. The fourth-order valence-corrected chi connectivity index (χ4v) is 1.76. The van der Waals surface area contributed by atoms with Crippen LogP contribution in [0, 0.1) is 0 Å². The van der Waals surface area contributed by atoms with Crippen molar-refractivity contribution < 1.29 is 0 Å². The summed E-state index contributed by atoms with van der Waals surface area (Å²) >= 11 is 0. The first kappa shape index (κ1) is 12.4. The zero-order valence-electron chi connectivity index (χ0n) is 10.6. The van der Waals surface area contributed by atoms with Gasteiger partial charge in [0.2, 0.25) is 0 Å². The summed E-state index contributed by atoms with van der Waals surface area (Å²) in [5, 5.41) is 4.01. The van der Waals surface area contributed by atoms with Crippen molar-refractivity contribution in [1.29, 1.82) is 0 Å². The van der Waals surface area contributed by atoms with Crippen molar-refractivity contribution in [3.05, 3.63) is 57.9 Å². The Morgan fingerprint density at radius 3 is 2.44 bits per heavy atom. The van der Waals surface area contributed by atoms with E-state index < -0.39 is 0 Å². The first-order valence-electron chi connectivity index (χ1n) is 5.99. The van der Waals surface area contributed by atoms with Crippen LogP contribution in [0.15, 0.2) is 41.2 Å². The molecule has 0 aliphatic carbocycles. The third-order valence-electron chi connectivity index (χ3n) is 2.87. The number of hydrogen-bond acceptors (Lipinski definition) is 3. The molecule has 2 N–H and O–H groups in total. The molecule has 0 amide bonds. The minimum atomic E-state index is -0.142. The summed E-state index contributed by atoms with van der Waals surface area (Å²) < 4.78 is 1.37. The summed E-state index contributed by atoms with van der Waals surface area (Å²) in [6.45, 7) is 4.75.